The molecule has 3 rings (SSSR count). The molecule has 1 atom stereocenters. The third kappa shape index (κ3) is 4.91. The summed E-state index contributed by atoms with van der Waals surface area (Å²) in [6.07, 6.45) is 1.13. The number of carbonyl (C=O) groups excluding carboxylic acids is 2. The highest BCUT2D eigenvalue weighted by Crippen LogP contribution is 2.38. The number of esters is 1. The van der Waals surface area contributed by atoms with Crippen LogP contribution in [0.25, 0.3) is 5.52 Å². The van der Waals surface area contributed by atoms with E-state index in [4.69, 9.17) is 16.3 Å². The molecule has 2 aromatic heterocycles. The van der Waals surface area contributed by atoms with Crippen molar-refractivity contribution < 1.29 is 19.4 Å². The molecule has 0 aliphatic rings. The summed E-state index contributed by atoms with van der Waals surface area (Å²) >= 11 is 6.07. The lowest BCUT2D eigenvalue weighted by Crippen LogP contribution is -2.29. The van der Waals surface area contributed by atoms with Gasteiger partial charge < -0.3 is 14.2 Å². The predicted molar refractivity (Wildman–Crippen MR) is 136 cm³/mol. The largest absolute Gasteiger partial charge is 0.469 e. The van der Waals surface area contributed by atoms with E-state index in [1.807, 2.05) is 36.6 Å². The van der Waals surface area contributed by atoms with Crippen LogP contribution in [-0.2, 0) is 16.0 Å². The summed E-state index contributed by atoms with van der Waals surface area (Å²) in [7, 11) is 1.36. The Morgan fingerprint density at radius 1 is 1.06 bits per heavy atom. The van der Waals surface area contributed by atoms with Crippen LogP contribution in [-0.4, -0.2) is 28.4 Å². The quantitative estimate of drug-likeness (QED) is 0.298. The summed E-state index contributed by atoms with van der Waals surface area (Å²) in [5, 5.41) is 12.1. The van der Waals surface area contributed by atoms with Gasteiger partial charge in [-0.1, -0.05) is 51.4 Å². The summed E-state index contributed by atoms with van der Waals surface area (Å²) in [5.41, 5.74) is 3.37. The number of aliphatic hydroxyl groups is 1. The molecule has 6 heteroatoms. The molecule has 0 fully saturated rings. The second kappa shape index (κ2) is 9.93. The summed E-state index contributed by atoms with van der Waals surface area (Å²) in [6.45, 7) is 11.5. The molecule has 0 saturated carbocycles. The fourth-order valence-electron chi connectivity index (χ4n) is 4.34. The average molecular weight is 484 g/mol. The van der Waals surface area contributed by atoms with Gasteiger partial charge in [0.15, 0.2) is 5.78 Å². The van der Waals surface area contributed by atoms with E-state index in [1.54, 1.807) is 38.1 Å². The molecule has 0 aliphatic carbocycles. The minimum atomic E-state index is -1.02. The predicted octanol–water partition coefficient (Wildman–Crippen LogP) is 6.38. The molecule has 0 radical (unpaired) electrons. The van der Waals surface area contributed by atoms with Gasteiger partial charge in [0.1, 0.15) is 6.10 Å². The molecule has 182 valence electrons. The Morgan fingerprint density at radius 2 is 1.68 bits per heavy atom. The Balaban J connectivity index is 2.40. The maximum Gasteiger partial charge on any atom is 0.311 e. The van der Waals surface area contributed by atoms with E-state index in [2.05, 4.69) is 13.8 Å². The number of methoxy groups -OCH3 is 1. The maximum absolute atomic E-state index is 13.6. The number of aliphatic hydroxyl groups excluding tert-OH is 1. The highest BCUT2D eigenvalue weighted by molar-refractivity contribution is 6.30. The van der Waals surface area contributed by atoms with Crippen LogP contribution in [0.3, 0.4) is 0 Å². The van der Waals surface area contributed by atoms with Crippen LogP contribution in [0.2, 0.25) is 5.02 Å². The Hall–Kier alpha value is -2.63. The van der Waals surface area contributed by atoms with Crippen LogP contribution >= 0.6 is 11.6 Å². The molecule has 0 spiro atoms. The van der Waals surface area contributed by atoms with Crippen molar-refractivity contribution in [2.75, 3.05) is 7.11 Å². The van der Waals surface area contributed by atoms with Gasteiger partial charge in [0.05, 0.1) is 23.7 Å². The van der Waals surface area contributed by atoms with E-state index in [-0.39, 0.29) is 30.0 Å². The molecule has 0 amide bonds. The fourth-order valence-corrected chi connectivity index (χ4v) is 4.46. The van der Waals surface area contributed by atoms with Crippen LogP contribution < -0.4 is 0 Å². The average Bonchev–Trinajstić information content (AvgIpc) is 3.09. The number of benzene rings is 1. The number of pyridine rings is 1. The van der Waals surface area contributed by atoms with E-state index in [0.717, 1.165) is 11.1 Å². The maximum atomic E-state index is 13.6. The van der Waals surface area contributed by atoms with Crippen molar-refractivity contribution in [3.8, 4) is 0 Å². The number of hydrogen-bond acceptors (Lipinski definition) is 4. The monoisotopic (exact) mass is 483 g/mol. The lowest BCUT2D eigenvalue weighted by atomic mass is 9.82. The third-order valence-electron chi connectivity index (χ3n) is 6.34. The molecule has 1 unspecified atom stereocenters. The summed E-state index contributed by atoms with van der Waals surface area (Å²) in [6, 6.07) is 11.0. The normalized spacial score (nSPS) is 13.0. The fraction of sp³-hybridized carbons (Fsp3) is 0.429. The summed E-state index contributed by atoms with van der Waals surface area (Å²) in [4.78, 5) is 26.2. The SMILES string of the molecule is COC(=O)C(C)(C)Cc1c(C(=O)C(C)C)c2cc(C(C)C)ccn2c1C(O)c1ccc(Cl)cc1. The molecule has 0 saturated heterocycles. The number of aromatic nitrogens is 1. The number of Topliss-reactive ketones (excluding diaryl/α,β-unsaturated/α-hetero) is 1. The number of fused-ring (bicyclic) bond motifs is 1. The zero-order valence-corrected chi connectivity index (χ0v) is 21.7. The molecule has 0 bridgehead atoms. The second-order valence-corrected chi connectivity index (χ2v) is 10.6. The van der Waals surface area contributed by atoms with Crippen molar-refractivity contribution in [1.29, 1.82) is 0 Å². The van der Waals surface area contributed by atoms with Gasteiger partial charge in [-0.15, -0.1) is 0 Å². The molecule has 1 aromatic carbocycles. The van der Waals surface area contributed by atoms with Gasteiger partial charge in [0.25, 0.3) is 0 Å². The van der Waals surface area contributed by atoms with Crippen molar-refractivity contribution in [1.82, 2.24) is 4.40 Å². The van der Waals surface area contributed by atoms with E-state index in [9.17, 15) is 14.7 Å². The van der Waals surface area contributed by atoms with Crippen LogP contribution in [0.4, 0.5) is 0 Å². The first-order chi connectivity index (χ1) is 15.9. The van der Waals surface area contributed by atoms with E-state index in [0.29, 0.717) is 27.4 Å². The van der Waals surface area contributed by atoms with Crippen molar-refractivity contribution in [3.05, 3.63) is 75.6 Å². The highest BCUT2D eigenvalue weighted by Gasteiger charge is 2.36. The minimum absolute atomic E-state index is 0.0244. The van der Waals surface area contributed by atoms with Crippen molar-refractivity contribution in [2.45, 2.75) is 60.0 Å². The van der Waals surface area contributed by atoms with Crippen molar-refractivity contribution >= 4 is 28.9 Å². The minimum Gasteiger partial charge on any atom is -0.469 e. The first-order valence-electron chi connectivity index (χ1n) is 11.6. The van der Waals surface area contributed by atoms with Crippen LogP contribution in [0, 0.1) is 11.3 Å². The van der Waals surface area contributed by atoms with Crippen LogP contribution in [0.5, 0.6) is 0 Å². The standard InChI is InChI=1S/C28H34ClNO4/c1-16(2)19-12-13-30-22(14-19)23(25(31)17(3)4)21(15-28(5,6)27(33)34-7)24(30)26(32)18-8-10-20(29)11-9-18/h8-14,16-17,26,32H,15H2,1-7H3. The smallest absolute Gasteiger partial charge is 0.311 e. The first kappa shape index (κ1) is 26.0. The summed E-state index contributed by atoms with van der Waals surface area (Å²) < 4.78 is 6.94. The molecular weight excluding hydrogens is 450 g/mol. The lowest BCUT2D eigenvalue weighted by molar-refractivity contribution is -0.150. The molecule has 5 nitrogen and oxygen atoms in total. The van der Waals surface area contributed by atoms with Crippen LogP contribution in [0.1, 0.15) is 86.3 Å². The first-order valence-corrected chi connectivity index (χ1v) is 12.0. The number of ether oxygens (including phenoxy) is 1. The van der Waals surface area contributed by atoms with Crippen molar-refractivity contribution in [3.63, 3.8) is 0 Å². The molecule has 1 N–H and O–H groups in total. The highest BCUT2D eigenvalue weighted by atomic mass is 35.5. The number of halogens is 1. The zero-order chi connectivity index (χ0) is 25.4. The number of carbonyl (C=O) groups is 2. The molecule has 0 aliphatic heterocycles. The third-order valence-corrected chi connectivity index (χ3v) is 6.60. The number of rotatable bonds is 8. The van der Waals surface area contributed by atoms with Gasteiger partial charge in [-0.2, -0.15) is 0 Å². The van der Waals surface area contributed by atoms with Crippen LogP contribution in [0.15, 0.2) is 42.6 Å². The lowest BCUT2D eigenvalue weighted by Gasteiger charge is -2.24. The van der Waals surface area contributed by atoms with Gasteiger partial charge in [-0.25, -0.2) is 0 Å². The van der Waals surface area contributed by atoms with E-state index >= 15 is 0 Å². The molecule has 34 heavy (non-hydrogen) atoms. The van der Waals surface area contributed by atoms with Gasteiger partial charge in [0, 0.05) is 22.7 Å². The van der Waals surface area contributed by atoms with E-state index in [1.165, 1.54) is 7.11 Å². The summed E-state index contributed by atoms with van der Waals surface area (Å²) in [5.74, 6) is -0.389. The Bertz CT molecular complexity index is 1210. The topological polar surface area (TPSA) is 68.0 Å². The number of ketones is 1. The number of hydrogen-bond donors (Lipinski definition) is 1. The zero-order valence-electron chi connectivity index (χ0n) is 21.0. The Morgan fingerprint density at radius 3 is 2.21 bits per heavy atom. The van der Waals surface area contributed by atoms with Gasteiger partial charge in [0.2, 0.25) is 0 Å². The molecular formula is C28H34ClNO4. The Kier molecular flexibility index (Phi) is 7.59. The molecule has 2 heterocycles. The van der Waals surface area contributed by atoms with E-state index < -0.39 is 11.5 Å². The number of nitrogens with zero attached hydrogens (tertiary/aromatic N) is 1. The van der Waals surface area contributed by atoms with Gasteiger partial charge >= 0.3 is 5.97 Å². The Labute approximate surface area is 206 Å². The van der Waals surface area contributed by atoms with Gasteiger partial charge in [-0.3, -0.25) is 9.59 Å². The molecule has 3 aromatic rings. The van der Waals surface area contributed by atoms with Gasteiger partial charge in [-0.05, 0) is 67.1 Å². The van der Waals surface area contributed by atoms with Crippen molar-refractivity contribution in [2.24, 2.45) is 11.3 Å². The second-order valence-electron chi connectivity index (χ2n) is 10.1.